The Kier molecular flexibility index (Phi) is 5.15. The predicted molar refractivity (Wildman–Crippen MR) is 136 cm³/mol. The summed E-state index contributed by atoms with van der Waals surface area (Å²) in [5, 5.41) is 4.27. The van der Waals surface area contributed by atoms with Crippen LogP contribution in [0.5, 0.6) is 0 Å². The zero-order valence-corrected chi connectivity index (χ0v) is 19.2. The van der Waals surface area contributed by atoms with Gasteiger partial charge in [0, 0.05) is 68.3 Å². The SMILES string of the molecule is CCCC[n+]1ccc(-c2cc3[nH]c2=Cc2ccc([nH]2)C=c2ccc([nH]2)=Cc2ccc([nH]2)C=3)cc1. The third kappa shape index (κ3) is 4.20. The molecule has 0 spiro atoms. The number of pyridine rings is 1. The van der Waals surface area contributed by atoms with Gasteiger partial charge in [-0.15, -0.1) is 0 Å². The summed E-state index contributed by atoms with van der Waals surface area (Å²) in [6.45, 7) is 3.28. The van der Waals surface area contributed by atoms with E-state index in [0.29, 0.717) is 0 Å². The highest BCUT2D eigenvalue weighted by Gasteiger charge is 2.07. The number of aromatic nitrogens is 5. The fourth-order valence-electron chi connectivity index (χ4n) is 4.50. The van der Waals surface area contributed by atoms with Crippen molar-refractivity contribution in [1.82, 2.24) is 19.9 Å². The van der Waals surface area contributed by atoms with Crippen LogP contribution in [-0.2, 0) is 6.54 Å². The largest absolute Gasteiger partial charge is 0.355 e. The molecule has 0 atom stereocenters. The average Bonchev–Trinajstić information content (AvgIpc) is 3.63. The predicted octanol–water partition coefficient (Wildman–Crippen LogP) is 2.38. The molecule has 5 nitrogen and oxygen atoms in total. The number of aryl methyl sites for hydroxylation is 1. The lowest BCUT2D eigenvalue weighted by molar-refractivity contribution is -0.697. The van der Waals surface area contributed by atoms with Crippen LogP contribution < -0.4 is 26.0 Å². The van der Waals surface area contributed by atoms with Crippen molar-refractivity contribution in [3.8, 4) is 11.1 Å². The Morgan fingerprint density at radius 2 is 1.21 bits per heavy atom. The van der Waals surface area contributed by atoms with E-state index in [0.717, 1.165) is 50.7 Å². The summed E-state index contributed by atoms with van der Waals surface area (Å²) in [6.07, 6.45) is 15.3. The first-order valence-electron chi connectivity index (χ1n) is 11.9. The average molecular weight is 447 g/mol. The van der Waals surface area contributed by atoms with E-state index in [1.54, 1.807) is 0 Å². The summed E-state index contributed by atoms with van der Waals surface area (Å²) in [5.74, 6) is 0. The standard InChI is InChI=1S/C29H27N5/c1-2-3-12-34-13-10-20(11-14-34)28-18-27-17-25-7-6-23(31-25)15-21-4-5-22(30-21)16-24-8-9-26(32-24)19-29(28)33-27/h4-11,13-19H,2-3,12H2,1H3,(H3,30,31,32,33)/p+1. The first kappa shape index (κ1) is 20.4. The van der Waals surface area contributed by atoms with Crippen molar-refractivity contribution in [2.24, 2.45) is 0 Å². The van der Waals surface area contributed by atoms with Gasteiger partial charge < -0.3 is 19.9 Å². The van der Waals surface area contributed by atoms with Gasteiger partial charge in [-0.1, -0.05) is 13.3 Å². The molecule has 34 heavy (non-hydrogen) atoms. The fourth-order valence-corrected chi connectivity index (χ4v) is 4.50. The van der Waals surface area contributed by atoms with Gasteiger partial charge in [-0.2, -0.15) is 0 Å². The van der Waals surface area contributed by atoms with Crippen LogP contribution in [0.25, 0.3) is 35.4 Å². The van der Waals surface area contributed by atoms with Gasteiger partial charge in [-0.3, -0.25) is 0 Å². The number of unbranched alkanes of at least 4 members (excludes halogenated alkanes) is 1. The minimum atomic E-state index is 1.05. The molecule has 1 aliphatic heterocycles. The van der Waals surface area contributed by atoms with Gasteiger partial charge in [0.1, 0.15) is 6.54 Å². The number of nitrogens with one attached hydrogen (secondary N) is 4. The summed E-state index contributed by atoms with van der Waals surface area (Å²) in [7, 11) is 0. The second kappa shape index (κ2) is 8.60. The van der Waals surface area contributed by atoms with Crippen molar-refractivity contribution in [1.29, 1.82) is 0 Å². The van der Waals surface area contributed by atoms with Gasteiger partial charge in [-0.25, -0.2) is 4.57 Å². The number of aromatic amines is 4. The molecule has 6 rings (SSSR count). The third-order valence-corrected chi connectivity index (χ3v) is 6.27. The van der Waals surface area contributed by atoms with Crippen molar-refractivity contribution < 1.29 is 4.57 Å². The van der Waals surface area contributed by atoms with E-state index in [1.807, 2.05) is 0 Å². The maximum Gasteiger partial charge on any atom is 0.169 e. The summed E-state index contributed by atoms with van der Waals surface area (Å²) in [5.41, 5.74) is 6.62. The highest BCUT2D eigenvalue weighted by Crippen LogP contribution is 2.13. The summed E-state index contributed by atoms with van der Waals surface area (Å²) in [4.78, 5) is 14.1. The molecule has 0 aromatic carbocycles. The van der Waals surface area contributed by atoms with Crippen molar-refractivity contribution in [2.45, 2.75) is 26.3 Å². The second-order valence-electron chi connectivity index (χ2n) is 8.91. The minimum Gasteiger partial charge on any atom is -0.355 e. The Labute approximate surface area is 197 Å². The van der Waals surface area contributed by atoms with Crippen LogP contribution in [0.4, 0.5) is 0 Å². The number of hydrogen-bond donors (Lipinski definition) is 4. The molecule has 0 saturated carbocycles. The first-order chi connectivity index (χ1) is 16.7. The van der Waals surface area contributed by atoms with Gasteiger partial charge in [0.25, 0.3) is 0 Å². The normalized spacial score (nSPS) is 12.4. The highest BCUT2D eigenvalue weighted by molar-refractivity contribution is 5.67. The molecular formula is C29H28N5+. The molecule has 8 bridgehead atoms. The Hall–Kier alpha value is -4.25. The van der Waals surface area contributed by atoms with Gasteiger partial charge in [0.15, 0.2) is 12.4 Å². The van der Waals surface area contributed by atoms with E-state index in [4.69, 9.17) is 0 Å². The van der Waals surface area contributed by atoms with E-state index in [-0.39, 0.29) is 0 Å². The van der Waals surface area contributed by atoms with Crippen LogP contribution >= 0.6 is 0 Å². The van der Waals surface area contributed by atoms with Crippen LogP contribution in [0.3, 0.4) is 0 Å². The van der Waals surface area contributed by atoms with E-state index >= 15 is 0 Å². The van der Waals surface area contributed by atoms with Crippen molar-refractivity contribution in [3.05, 3.63) is 111 Å². The molecule has 0 aliphatic carbocycles. The molecule has 0 unspecified atom stereocenters. The Morgan fingerprint density at radius 3 is 1.82 bits per heavy atom. The maximum absolute atomic E-state index is 3.63. The maximum atomic E-state index is 3.63. The molecule has 4 N–H and O–H groups in total. The van der Waals surface area contributed by atoms with Crippen LogP contribution in [0.15, 0.2) is 67.0 Å². The number of H-pyrrole nitrogens is 4. The summed E-state index contributed by atoms with van der Waals surface area (Å²) >= 11 is 0. The van der Waals surface area contributed by atoms with Crippen molar-refractivity contribution >= 4 is 24.3 Å². The molecule has 168 valence electrons. The zero-order valence-electron chi connectivity index (χ0n) is 19.2. The van der Waals surface area contributed by atoms with Crippen LogP contribution in [0.1, 0.15) is 42.5 Å². The van der Waals surface area contributed by atoms with Crippen molar-refractivity contribution in [3.63, 3.8) is 0 Å². The first-order valence-corrected chi connectivity index (χ1v) is 11.9. The minimum absolute atomic E-state index is 1.05. The van der Waals surface area contributed by atoms with E-state index in [9.17, 15) is 0 Å². The van der Waals surface area contributed by atoms with Crippen LogP contribution in [-0.4, -0.2) is 19.9 Å². The number of hydrogen-bond acceptors (Lipinski definition) is 0. The molecule has 0 saturated heterocycles. The molecule has 5 aromatic heterocycles. The molecule has 1 aliphatic rings. The smallest absolute Gasteiger partial charge is 0.169 e. The molecule has 0 fully saturated rings. The second-order valence-corrected chi connectivity index (χ2v) is 8.91. The lowest BCUT2D eigenvalue weighted by Gasteiger charge is -1.99. The fraction of sp³-hybridized carbons (Fsp3) is 0.138. The Morgan fingerprint density at radius 1 is 0.618 bits per heavy atom. The van der Waals surface area contributed by atoms with Gasteiger partial charge in [0.2, 0.25) is 0 Å². The number of fused-ring (bicyclic) bond motifs is 8. The summed E-state index contributed by atoms with van der Waals surface area (Å²) in [6, 6.07) is 19.3. The van der Waals surface area contributed by atoms with Crippen LogP contribution in [0.2, 0.25) is 0 Å². The highest BCUT2D eigenvalue weighted by atomic mass is 14.9. The quantitative estimate of drug-likeness (QED) is 0.301. The molecule has 6 heterocycles. The van der Waals surface area contributed by atoms with Crippen LogP contribution in [0, 0.1) is 0 Å². The third-order valence-electron chi connectivity index (χ3n) is 6.27. The molecule has 5 aromatic rings. The molecule has 5 heteroatoms. The number of rotatable bonds is 4. The lowest BCUT2D eigenvalue weighted by Crippen LogP contribution is -2.32. The van der Waals surface area contributed by atoms with Gasteiger partial charge in [0.05, 0.1) is 0 Å². The Bertz CT molecular complexity index is 1690. The van der Waals surface area contributed by atoms with Gasteiger partial charge in [-0.05, 0) is 72.3 Å². The topological polar surface area (TPSA) is 67.0 Å². The van der Waals surface area contributed by atoms with E-state index in [1.165, 1.54) is 24.0 Å². The Balaban J connectivity index is 1.52. The molecule has 0 amide bonds. The van der Waals surface area contributed by atoms with Gasteiger partial charge >= 0.3 is 0 Å². The monoisotopic (exact) mass is 446 g/mol. The summed E-state index contributed by atoms with van der Waals surface area (Å²) < 4.78 is 2.26. The molecular weight excluding hydrogens is 418 g/mol. The number of nitrogens with zero attached hydrogens (tertiary/aromatic N) is 1. The van der Waals surface area contributed by atoms with E-state index in [2.05, 4.69) is 123 Å². The lowest BCUT2D eigenvalue weighted by atomic mass is 10.1. The molecule has 0 radical (unpaired) electrons. The zero-order chi connectivity index (χ0) is 22.9. The van der Waals surface area contributed by atoms with Crippen molar-refractivity contribution in [2.75, 3.05) is 0 Å². The van der Waals surface area contributed by atoms with E-state index < -0.39 is 0 Å².